The van der Waals surface area contributed by atoms with Crippen LogP contribution in [0.3, 0.4) is 0 Å². The molecule has 0 radical (unpaired) electrons. The average molecular weight is 282 g/mol. The first kappa shape index (κ1) is 14.0. The Morgan fingerprint density at radius 3 is 3.11 bits per heavy atom. The van der Waals surface area contributed by atoms with Gasteiger partial charge in [-0.2, -0.15) is 0 Å². The molecule has 2 amide bonds. The van der Waals surface area contributed by atoms with Crippen molar-refractivity contribution < 1.29 is 9.59 Å². The van der Waals surface area contributed by atoms with Gasteiger partial charge < -0.3 is 5.32 Å². The molecule has 1 aliphatic heterocycles. The van der Waals surface area contributed by atoms with Gasteiger partial charge in [0.2, 0.25) is 11.8 Å². The molecule has 0 spiro atoms. The SMILES string of the molecule is CCCNc1ncc(CN2CC(=O)NC(=O)C2C)s1. The van der Waals surface area contributed by atoms with Crippen molar-refractivity contribution in [2.24, 2.45) is 0 Å². The summed E-state index contributed by atoms with van der Waals surface area (Å²) in [6, 6.07) is -0.285. The number of rotatable bonds is 5. The Morgan fingerprint density at radius 1 is 1.58 bits per heavy atom. The number of hydrogen-bond acceptors (Lipinski definition) is 6. The van der Waals surface area contributed by atoms with Gasteiger partial charge in [0.25, 0.3) is 0 Å². The summed E-state index contributed by atoms with van der Waals surface area (Å²) >= 11 is 1.56. The molecular weight excluding hydrogens is 264 g/mol. The van der Waals surface area contributed by atoms with Crippen molar-refractivity contribution in [3.05, 3.63) is 11.1 Å². The maximum Gasteiger partial charge on any atom is 0.243 e. The molecule has 19 heavy (non-hydrogen) atoms. The molecule has 0 aromatic carbocycles. The molecule has 104 valence electrons. The van der Waals surface area contributed by atoms with Crippen molar-refractivity contribution in [2.75, 3.05) is 18.4 Å². The smallest absolute Gasteiger partial charge is 0.243 e. The Balaban J connectivity index is 1.97. The molecule has 0 aliphatic carbocycles. The molecule has 1 atom stereocenters. The van der Waals surface area contributed by atoms with E-state index in [2.05, 4.69) is 22.5 Å². The summed E-state index contributed by atoms with van der Waals surface area (Å²) in [4.78, 5) is 30.1. The molecular formula is C12H18N4O2S. The normalized spacial score (nSPS) is 20.4. The number of thiazole rings is 1. The van der Waals surface area contributed by atoms with E-state index >= 15 is 0 Å². The molecule has 0 bridgehead atoms. The summed E-state index contributed by atoms with van der Waals surface area (Å²) in [5.41, 5.74) is 0. The van der Waals surface area contributed by atoms with Crippen LogP contribution in [0.25, 0.3) is 0 Å². The largest absolute Gasteiger partial charge is 0.362 e. The number of anilines is 1. The Morgan fingerprint density at radius 2 is 2.37 bits per heavy atom. The number of carbonyl (C=O) groups excluding carboxylic acids is 2. The number of amides is 2. The van der Waals surface area contributed by atoms with Crippen LogP contribution in [0.1, 0.15) is 25.1 Å². The number of carbonyl (C=O) groups is 2. The number of nitrogens with zero attached hydrogens (tertiary/aromatic N) is 2. The van der Waals surface area contributed by atoms with Gasteiger partial charge in [0, 0.05) is 24.2 Å². The molecule has 0 saturated carbocycles. The first-order valence-corrected chi connectivity index (χ1v) is 7.18. The van der Waals surface area contributed by atoms with Crippen molar-refractivity contribution in [2.45, 2.75) is 32.9 Å². The van der Waals surface area contributed by atoms with Crippen molar-refractivity contribution in [1.82, 2.24) is 15.2 Å². The summed E-state index contributed by atoms with van der Waals surface area (Å²) in [7, 11) is 0. The van der Waals surface area contributed by atoms with Crippen LogP contribution in [-0.4, -0.2) is 40.8 Å². The van der Waals surface area contributed by atoms with Gasteiger partial charge in [-0.15, -0.1) is 11.3 Å². The standard InChI is InChI=1S/C12H18N4O2S/c1-3-4-13-12-14-5-9(19-12)6-16-7-10(17)15-11(18)8(16)2/h5,8H,3-4,6-7H2,1-2H3,(H,13,14)(H,15,17,18). The van der Waals surface area contributed by atoms with Crippen molar-refractivity contribution in [3.8, 4) is 0 Å². The second-order valence-electron chi connectivity index (χ2n) is 4.55. The summed E-state index contributed by atoms with van der Waals surface area (Å²) in [5.74, 6) is -0.470. The molecule has 2 heterocycles. The Hall–Kier alpha value is -1.47. The molecule has 6 nitrogen and oxygen atoms in total. The van der Waals surface area contributed by atoms with Gasteiger partial charge in [-0.05, 0) is 13.3 Å². The molecule has 2 rings (SSSR count). The Labute approximate surface area is 116 Å². The van der Waals surface area contributed by atoms with Crippen molar-refractivity contribution >= 4 is 28.3 Å². The van der Waals surface area contributed by atoms with Crippen molar-refractivity contribution in [3.63, 3.8) is 0 Å². The van der Waals surface area contributed by atoms with E-state index in [0.29, 0.717) is 6.54 Å². The third-order valence-corrected chi connectivity index (χ3v) is 3.91. The van der Waals surface area contributed by atoms with E-state index in [-0.39, 0.29) is 24.4 Å². The fourth-order valence-corrected chi connectivity index (χ4v) is 2.72. The maximum absolute atomic E-state index is 11.6. The van der Waals surface area contributed by atoms with Gasteiger partial charge in [-0.1, -0.05) is 6.92 Å². The predicted molar refractivity (Wildman–Crippen MR) is 73.9 cm³/mol. The van der Waals surface area contributed by atoms with Gasteiger partial charge in [-0.3, -0.25) is 19.8 Å². The van der Waals surface area contributed by atoms with Crippen molar-refractivity contribution in [1.29, 1.82) is 0 Å². The highest BCUT2D eigenvalue weighted by Crippen LogP contribution is 2.21. The average Bonchev–Trinajstić information content (AvgIpc) is 2.80. The van der Waals surface area contributed by atoms with Crippen LogP contribution in [-0.2, 0) is 16.1 Å². The summed E-state index contributed by atoms with van der Waals surface area (Å²) < 4.78 is 0. The van der Waals surface area contributed by atoms with E-state index in [4.69, 9.17) is 0 Å². The lowest BCUT2D eigenvalue weighted by Crippen LogP contribution is -2.56. The fraction of sp³-hybridized carbons (Fsp3) is 0.583. The predicted octanol–water partition coefficient (Wildman–Crippen LogP) is 0.812. The minimum absolute atomic E-state index is 0.231. The summed E-state index contributed by atoms with van der Waals surface area (Å²) in [5, 5.41) is 6.44. The number of imide groups is 1. The van der Waals surface area contributed by atoms with Crippen LogP contribution in [0.5, 0.6) is 0 Å². The van der Waals surface area contributed by atoms with E-state index < -0.39 is 0 Å². The molecule has 7 heteroatoms. The van der Waals surface area contributed by atoms with Gasteiger partial charge >= 0.3 is 0 Å². The minimum atomic E-state index is -0.285. The number of aromatic nitrogens is 1. The monoisotopic (exact) mass is 282 g/mol. The summed E-state index contributed by atoms with van der Waals surface area (Å²) in [6.45, 7) is 5.63. The van der Waals surface area contributed by atoms with Crippen LogP contribution in [0.2, 0.25) is 0 Å². The highest BCUT2D eigenvalue weighted by molar-refractivity contribution is 7.15. The second kappa shape index (κ2) is 6.12. The zero-order valence-electron chi connectivity index (χ0n) is 11.1. The Kier molecular flexibility index (Phi) is 4.49. The third-order valence-electron chi connectivity index (χ3n) is 2.98. The van der Waals surface area contributed by atoms with Crippen LogP contribution in [0.4, 0.5) is 5.13 Å². The van der Waals surface area contributed by atoms with Gasteiger partial charge in [0.15, 0.2) is 5.13 Å². The molecule has 1 saturated heterocycles. The topological polar surface area (TPSA) is 74.3 Å². The first-order valence-electron chi connectivity index (χ1n) is 6.36. The quantitative estimate of drug-likeness (QED) is 0.782. The van der Waals surface area contributed by atoms with Crippen LogP contribution >= 0.6 is 11.3 Å². The molecule has 1 aromatic rings. The van der Waals surface area contributed by atoms with E-state index in [9.17, 15) is 9.59 Å². The first-order chi connectivity index (χ1) is 9.10. The van der Waals surface area contributed by atoms with Gasteiger partial charge in [0.1, 0.15) is 0 Å². The van der Waals surface area contributed by atoms with Crippen LogP contribution < -0.4 is 10.6 Å². The van der Waals surface area contributed by atoms with E-state index in [1.807, 2.05) is 4.90 Å². The third kappa shape index (κ3) is 3.51. The lowest BCUT2D eigenvalue weighted by atomic mass is 10.2. The van der Waals surface area contributed by atoms with Gasteiger partial charge in [0.05, 0.1) is 12.6 Å². The lowest BCUT2D eigenvalue weighted by molar-refractivity contribution is -0.139. The zero-order chi connectivity index (χ0) is 13.8. The minimum Gasteiger partial charge on any atom is -0.362 e. The molecule has 1 unspecified atom stereocenters. The molecule has 1 aromatic heterocycles. The Bertz CT molecular complexity index is 474. The van der Waals surface area contributed by atoms with Gasteiger partial charge in [-0.25, -0.2) is 4.98 Å². The molecule has 1 aliphatic rings. The van der Waals surface area contributed by atoms with E-state index in [1.54, 1.807) is 24.5 Å². The molecule has 1 fully saturated rings. The maximum atomic E-state index is 11.6. The summed E-state index contributed by atoms with van der Waals surface area (Å²) in [6.07, 6.45) is 2.85. The zero-order valence-corrected chi connectivity index (χ0v) is 11.9. The highest BCUT2D eigenvalue weighted by Gasteiger charge is 2.30. The lowest BCUT2D eigenvalue weighted by Gasteiger charge is -2.30. The molecule has 2 N–H and O–H groups in total. The number of nitrogens with one attached hydrogen (secondary N) is 2. The number of piperazine rings is 1. The number of hydrogen-bond donors (Lipinski definition) is 2. The van der Waals surface area contributed by atoms with E-state index in [0.717, 1.165) is 23.0 Å². The fourth-order valence-electron chi connectivity index (χ4n) is 1.86. The van der Waals surface area contributed by atoms with E-state index in [1.165, 1.54) is 0 Å². The highest BCUT2D eigenvalue weighted by atomic mass is 32.1. The second-order valence-corrected chi connectivity index (χ2v) is 5.67. The van der Waals surface area contributed by atoms with Crippen LogP contribution in [0, 0.1) is 0 Å². The van der Waals surface area contributed by atoms with Crippen LogP contribution in [0.15, 0.2) is 6.20 Å².